The molecule has 1 aromatic heterocycles. The van der Waals surface area contributed by atoms with Crippen LogP contribution >= 0.6 is 0 Å². The van der Waals surface area contributed by atoms with Gasteiger partial charge in [0.1, 0.15) is 0 Å². The summed E-state index contributed by atoms with van der Waals surface area (Å²) in [4.78, 5) is 7.53. The average molecular weight is 160 g/mol. The molecule has 0 saturated heterocycles. The Morgan fingerprint density at radius 3 is 2.67 bits per heavy atom. The van der Waals surface area contributed by atoms with Crippen LogP contribution in [0.3, 0.4) is 0 Å². The Hall–Kier alpha value is -0.588. The molecular formula is C5H6CrN3-. The van der Waals surface area contributed by atoms with Gasteiger partial charge in [0.25, 0.3) is 0 Å². The van der Waals surface area contributed by atoms with Crippen LogP contribution in [0.1, 0.15) is 5.82 Å². The maximum Gasteiger partial charge on any atom is 0.0105 e. The van der Waals surface area contributed by atoms with Crippen LogP contribution in [-0.2, 0) is 17.4 Å². The van der Waals surface area contributed by atoms with Gasteiger partial charge in [-0.1, -0.05) is 19.3 Å². The summed E-state index contributed by atoms with van der Waals surface area (Å²) in [7, 11) is 0. The number of aromatic nitrogens is 2. The molecule has 0 aliphatic heterocycles. The summed E-state index contributed by atoms with van der Waals surface area (Å²) in [5.41, 5.74) is 5.73. The van der Waals surface area contributed by atoms with Crippen molar-refractivity contribution in [1.82, 2.24) is 9.97 Å². The fraction of sp³-hybridized carbons (Fsp3) is 0.200. The minimum absolute atomic E-state index is 0. The zero-order valence-electron chi connectivity index (χ0n) is 4.96. The van der Waals surface area contributed by atoms with E-state index in [4.69, 9.17) is 5.73 Å². The molecule has 0 spiro atoms. The monoisotopic (exact) mass is 160 g/mol. The van der Waals surface area contributed by atoms with Gasteiger partial charge in [-0.3, -0.25) is 0 Å². The fourth-order valence-electron chi connectivity index (χ4n) is 0.366. The van der Waals surface area contributed by atoms with Crippen molar-refractivity contribution in [2.24, 2.45) is 0 Å². The Morgan fingerprint density at radius 2 is 2.33 bits per heavy atom. The number of nitrogens with two attached hydrogens (primary N) is 1. The van der Waals surface area contributed by atoms with Crippen LogP contribution in [-0.4, -0.2) is 9.97 Å². The molecule has 1 rings (SSSR count). The van der Waals surface area contributed by atoms with Crippen molar-refractivity contribution in [3.8, 4) is 0 Å². The van der Waals surface area contributed by atoms with Crippen LogP contribution < -0.4 is 5.73 Å². The van der Waals surface area contributed by atoms with E-state index in [0.717, 1.165) is 0 Å². The predicted molar refractivity (Wildman–Crippen MR) is 30.0 cm³/mol. The fourth-order valence-corrected chi connectivity index (χ4v) is 0.366. The van der Waals surface area contributed by atoms with Crippen LogP contribution in [0.2, 0.25) is 0 Å². The van der Waals surface area contributed by atoms with E-state index in [-0.39, 0.29) is 17.4 Å². The van der Waals surface area contributed by atoms with Crippen molar-refractivity contribution in [3.63, 3.8) is 0 Å². The third-order valence-corrected chi connectivity index (χ3v) is 0.737. The predicted octanol–water partition coefficient (Wildman–Crippen LogP) is 0.165. The van der Waals surface area contributed by atoms with E-state index in [9.17, 15) is 0 Å². The molecule has 0 atom stereocenters. The Labute approximate surface area is 64.4 Å². The molecule has 2 N–H and O–H groups in total. The van der Waals surface area contributed by atoms with Crippen molar-refractivity contribution >= 4 is 5.69 Å². The van der Waals surface area contributed by atoms with Crippen molar-refractivity contribution in [1.29, 1.82) is 0 Å². The third kappa shape index (κ3) is 2.45. The number of nitrogen functional groups attached to an aromatic ring is 1. The molecule has 0 fully saturated rings. The molecule has 0 radical (unpaired) electrons. The number of rotatable bonds is 0. The third-order valence-electron chi connectivity index (χ3n) is 0.737. The minimum Gasteiger partial charge on any atom is -0.417 e. The number of nitrogens with zero attached hydrogens (tertiary/aromatic N) is 2. The number of hydrogen-bond donors (Lipinski definition) is 1. The minimum atomic E-state index is 0. The van der Waals surface area contributed by atoms with Crippen LogP contribution in [0.15, 0.2) is 6.20 Å². The zero-order chi connectivity index (χ0) is 5.98. The Morgan fingerprint density at radius 1 is 1.67 bits per heavy atom. The molecular weight excluding hydrogens is 154 g/mol. The topological polar surface area (TPSA) is 51.8 Å². The first-order chi connectivity index (χ1) is 3.79. The smallest absolute Gasteiger partial charge is 0.0105 e. The summed E-state index contributed by atoms with van der Waals surface area (Å²) in [6.07, 6.45) is 4.09. The second-order valence-corrected chi connectivity index (χ2v) is 1.48. The van der Waals surface area contributed by atoms with E-state index in [1.54, 1.807) is 6.92 Å². The number of anilines is 1. The SMILES string of the molecule is Cc1n[c-]c(N)cn1.[Cr]. The molecule has 1 heterocycles. The van der Waals surface area contributed by atoms with Crippen molar-refractivity contribution in [2.45, 2.75) is 6.92 Å². The molecule has 0 aliphatic rings. The molecule has 48 valence electrons. The van der Waals surface area contributed by atoms with Crippen molar-refractivity contribution in [3.05, 3.63) is 18.2 Å². The van der Waals surface area contributed by atoms with E-state index in [0.29, 0.717) is 11.5 Å². The van der Waals surface area contributed by atoms with Crippen LogP contribution in [0.5, 0.6) is 0 Å². The van der Waals surface area contributed by atoms with E-state index >= 15 is 0 Å². The molecule has 0 aromatic carbocycles. The molecule has 4 heteroatoms. The van der Waals surface area contributed by atoms with Gasteiger partial charge in [0.2, 0.25) is 0 Å². The maximum absolute atomic E-state index is 5.25. The molecule has 0 unspecified atom stereocenters. The number of aryl methyl sites for hydroxylation is 1. The molecule has 0 amide bonds. The van der Waals surface area contributed by atoms with Gasteiger partial charge in [0.05, 0.1) is 0 Å². The Balaban J connectivity index is 0.000000640. The van der Waals surface area contributed by atoms with Crippen molar-refractivity contribution in [2.75, 3.05) is 5.73 Å². The zero-order valence-corrected chi connectivity index (χ0v) is 6.23. The van der Waals surface area contributed by atoms with Crippen molar-refractivity contribution < 1.29 is 17.4 Å². The summed E-state index contributed by atoms with van der Waals surface area (Å²) in [6.45, 7) is 1.79. The molecule has 0 bridgehead atoms. The normalized spacial score (nSPS) is 8.11. The van der Waals surface area contributed by atoms with E-state index in [1.807, 2.05) is 0 Å². The molecule has 9 heavy (non-hydrogen) atoms. The molecule has 0 saturated carbocycles. The quantitative estimate of drug-likeness (QED) is 0.550. The first kappa shape index (κ1) is 8.41. The average Bonchev–Trinajstić information content (AvgIpc) is 1.77. The summed E-state index contributed by atoms with van der Waals surface area (Å²) in [6, 6.07) is 0. The molecule has 3 nitrogen and oxygen atoms in total. The standard InChI is InChI=1S/C5H6N3.Cr/c1-4-7-2-5(6)3-8-4;/h2H,6H2,1H3;/q-1;. The van der Waals surface area contributed by atoms with E-state index < -0.39 is 0 Å². The summed E-state index contributed by atoms with van der Waals surface area (Å²) in [5.74, 6) is 0.694. The van der Waals surface area contributed by atoms with Gasteiger partial charge in [0, 0.05) is 23.2 Å². The van der Waals surface area contributed by atoms with Gasteiger partial charge in [0.15, 0.2) is 0 Å². The van der Waals surface area contributed by atoms with Gasteiger partial charge < -0.3 is 15.7 Å². The van der Waals surface area contributed by atoms with Gasteiger partial charge in [-0.25, -0.2) is 0 Å². The summed E-state index contributed by atoms with van der Waals surface area (Å²) < 4.78 is 0. The first-order valence-corrected chi connectivity index (χ1v) is 2.26. The second kappa shape index (κ2) is 3.44. The van der Waals surface area contributed by atoms with Gasteiger partial charge in [-0.05, 0) is 5.69 Å². The van der Waals surface area contributed by atoms with Crippen LogP contribution in [0, 0.1) is 13.1 Å². The molecule has 1 aromatic rings. The Bertz CT molecular complexity index is 151. The second-order valence-electron chi connectivity index (χ2n) is 1.48. The van der Waals surface area contributed by atoms with Gasteiger partial charge >= 0.3 is 0 Å². The Kier molecular flexibility index (Phi) is 3.22. The van der Waals surface area contributed by atoms with Crippen LogP contribution in [0.4, 0.5) is 5.69 Å². The molecule has 0 aliphatic carbocycles. The van der Waals surface area contributed by atoms with E-state index in [2.05, 4.69) is 16.2 Å². The maximum atomic E-state index is 5.25. The van der Waals surface area contributed by atoms with Gasteiger partial charge in [-0.2, -0.15) is 0 Å². The van der Waals surface area contributed by atoms with Crippen LogP contribution in [0.25, 0.3) is 0 Å². The van der Waals surface area contributed by atoms with Gasteiger partial charge in [-0.15, -0.1) is 0 Å². The largest absolute Gasteiger partial charge is 0.417 e. The number of hydrogen-bond acceptors (Lipinski definition) is 3. The van der Waals surface area contributed by atoms with E-state index in [1.165, 1.54) is 6.20 Å². The summed E-state index contributed by atoms with van der Waals surface area (Å²) in [5, 5.41) is 0. The first-order valence-electron chi connectivity index (χ1n) is 2.26. The summed E-state index contributed by atoms with van der Waals surface area (Å²) >= 11 is 0.